The number of pyridine rings is 2. The summed E-state index contributed by atoms with van der Waals surface area (Å²) in [6.45, 7) is 4.04. The Morgan fingerprint density at radius 2 is 1.86 bits per heavy atom. The molecule has 0 N–H and O–H groups in total. The molecule has 2 heteroatoms. The van der Waals surface area contributed by atoms with Gasteiger partial charge in [-0.15, -0.1) is 0 Å². The molecule has 0 bridgehead atoms. The summed E-state index contributed by atoms with van der Waals surface area (Å²) in [5.41, 5.74) is 4.30. The van der Waals surface area contributed by atoms with Crippen LogP contribution in [0.1, 0.15) is 11.3 Å². The maximum absolute atomic E-state index is 4.34. The Kier molecular flexibility index (Phi) is 2.27. The van der Waals surface area contributed by atoms with Crippen LogP contribution in [-0.2, 0) is 0 Å². The second-order valence-corrected chi connectivity index (χ2v) is 3.36. The maximum Gasteiger partial charge on any atom is 0.0746 e. The van der Waals surface area contributed by atoms with E-state index in [0.29, 0.717) is 0 Å². The molecule has 2 rings (SSSR count). The molecule has 0 amide bonds. The van der Waals surface area contributed by atoms with Crippen molar-refractivity contribution >= 4 is 0 Å². The van der Waals surface area contributed by atoms with Crippen molar-refractivity contribution in [3.63, 3.8) is 0 Å². The van der Waals surface area contributed by atoms with Crippen LogP contribution in [0.3, 0.4) is 0 Å². The van der Waals surface area contributed by atoms with Crippen molar-refractivity contribution in [2.24, 2.45) is 0 Å². The van der Waals surface area contributed by atoms with E-state index in [4.69, 9.17) is 0 Å². The summed E-state index contributed by atoms with van der Waals surface area (Å²) >= 11 is 0. The highest BCUT2D eigenvalue weighted by Gasteiger charge is 2.01. The summed E-state index contributed by atoms with van der Waals surface area (Å²) in [6, 6.07) is 8.06. The molecule has 14 heavy (non-hydrogen) atoms. The van der Waals surface area contributed by atoms with Gasteiger partial charge in [0, 0.05) is 23.7 Å². The molecule has 0 saturated heterocycles. The van der Waals surface area contributed by atoms with E-state index in [1.807, 2.05) is 31.5 Å². The van der Waals surface area contributed by atoms with Crippen molar-refractivity contribution in [1.82, 2.24) is 9.97 Å². The molecule has 0 saturated carbocycles. The number of hydrogen-bond acceptors (Lipinski definition) is 2. The third kappa shape index (κ3) is 1.64. The molecule has 2 heterocycles. The van der Waals surface area contributed by atoms with E-state index in [2.05, 4.69) is 29.0 Å². The fraction of sp³-hybridized carbons (Fsp3) is 0.167. The topological polar surface area (TPSA) is 25.8 Å². The minimum Gasteiger partial charge on any atom is -0.261 e. The molecule has 0 unspecified atom stereocenters. The minimum absolute atomic E-state index is 1.01. The van der Waals surface area contributed by atoms with Gasteiger partial charge in [-0.1, -0.05) is 6.07 Å². The number of nitrogens with zero attached hydrogens (tertiary/aromatic N) is 2. The third-order valence-electron chi connectivity index (χ3n) is 2.19. The zero-order chi connectivity index (χ0) is 9.97. The standard InChI is InChI=1S/C12H12N2/c1-9-4-3-7-13-12(9)11-6-5-10(2)14-8-11/h3-8H,1-2H3. The van der Waals surface area contributed by atoms with Gasteiger partial charge in [-0.2, -0.15) is 0 Å². The van der Waals surface area contributed by atoms with E-state index >= 15 is 0 Å². The lowest BCUT2D eigenvalue weighted by atomic mass is 10.1. The minimum atomic E-state index is 1.01. The summed E-state index contributed by atoms with van der Waals surface area (Å²) in [5, 5.41) is 0. The first-order valence-electron chi connectivity index (χ1n) is 4.62. The van der Waals surface area contributed by atoms with Gasteiger partial charge in [-0.25, -0.2) is 0 Å². The maximum atomic E-state index is 4.34. The first-order valence-corrected chi connectivity index (χ1v) is 4.62. The van der Waals surface area contributed by atoms with Crippen molar-refractivity contribution in [2.45, 2.75) is 13.8 Å². The van der Waals surface area contributed by atoms with Crippen LogP contribution in [0, 0.1) is 13.8 Å². The highest BCUT2D eigenvalue weighted by atomic mass is 14.7. The Labute approximate surface area is 83.7 Å². The highest BCUT2D eigenvalue weighted by Crippen LogP contribution is 2.19. The van der Waals surface area contributed by atoms with Crippen LogP contribution in [0.4, 0.5) is 0 Å². The Bertz CT molecular complexity index is 432. The zero-order valence-electron chi connectivity index (χ0n) is 8.36. The molecule has 0 aliphatic heterocycles. The molecule has 0 radical (unpaired) electrons. The molecule has 2 nitrogen and oxygen atoms in total. The smallest absolute Gasteiger partial charge is 0.0746 e. The summed E-state index contributed by atoms with van der Waals surface area (Å²) in [6.07, 6.45) is 3.67. The van der Waals surface area contributed by atoms with E-state index < -0.39 is 0 Å². The van der Waals surface area contributed by atoms with Crippen LogP contribution >= 0.6 is 0 Å². The van der Waals surface area contributed by atoms with Gasteiger partial charge in [0.15, 0.2) is 0 Å². The van der Waals surface area contributed by atoms with Crippen LogP contribution in [0.5, 0.6) is 0 Å². The molecule has 0 aliphatic carbocycles. The van der Waals surface area contributed by atoms with Crippen molar-refractivity contribution in [1.29, 1.82) is 0 Å². The molecular formula is C12H12N2. The average molecular weight is 184 g/mol. The summed E-state index contributed by atoms with van der Waals surface area (Å²) in [7, 11) is 0. The molecule has 2 aromatic rings. The first kappa shape index (κ1) is 8.88. The predicted molar refractivity (Wildman–Crippen MR) is 56.9 cm³/mol. The molecule has 0 atom stereocenters. The van der Waals surface area contributed by atoms with E-state index in [1.165, 1.54) is 5.56 Å². The molecule has 2 aromatic heterocycles. The van der Waals surface area contributed by atoms with Gasteiger partial charge >= 0.3 is 0 Å². The monoisotopic (exact) mass is 184 g/mol. The fourth-order valence-electron chi connectivity index (χ4n) is 1.40. The van der Waals surface area contributed by atoms with Gasteiger partial charge in [-0.05, 0) is 37.6 Å². The summed E-state index contributed by atoms with van der Waals surface area (Å²) < 4.78 is 0. The van der Waals surface area contributed by atoms with Gasteiger partial charge in [0.25, 0.3) is 0 Å². The van der Waals surface area contributed by atoms with Crippen molar-refractivity contribution < 1.29 is 0 Å². The highest BCUT2D eigenvalue weighted by molar-refractivity contribution is 5.61. The van der Waals surface area contributed by atoms with Gasteiger partial charge in [0.2, 0.25) is 0 Å². The quantitative estimate of drug-likeness (QED) is 0.681. The SMILES string of the molecule is Cc1ccc(-c2ncccc2C)cn1. The normalized spacial score (nSPS) is 10.1. The predicted octanol–water partition coefficient (Wildman–Crippen LogP) is 2.76. The van der Waals surface area contributed by atoms with E-state index in [9.17, 15) is 0 Å². The van der Waals surface area contributed by atoms with Gasteiger partial charge < -0.3 is 0 Å². The molecule has 70 valence electrons. The second-order valence-electron chi connectivity index (χ2n) is 3.36. The van der Waals surface area contributed by atoms with Crippen molar-refractivity contribution in [2.75, 3.05) is 0 Å². The van der Waals surface area contributed by atoms with E-state index in [-0.39, 0.29) is 0 Å². The molecule has 0 spiro atoms. The van der Waals surface area contributed by atoms with E-state index in [1.54, 1.807) is 0 Å². The Morgan fingerprint density at radius 3 is 2.50 bits per heavy atom. The molecular weight excluding hydrogens is 172 g/mol. The largest absolute Gasteiger partial charge is 0.261 e. The van der Waals surface area contributed by atoms with Gasteiger partial charge in [-0.3, -0.25) is 9.97 Å². The lowest BCUT2D eigenvalue weighted by Gasteiger charge is -2.03. The summed E-state index contributed by atoms with van der Waals surface area (Å²) in [4.78, 5) is 8.59. The lowest BCUT2D eigenvalue weighted by Crippen LogP contribution is -1.88. The van der Waals surface area contributed by atoms with Crippen molar-refractivity contribution in [3.05, 3.63) is 47.9 Å². The zero-order valence-corrected chi connectivity index (χ0v) is 8.36. The average Bonchev–Trinajstić information content (AvgIpc) is 2.20. The number of aryl methyl sites for hydroxylation is 2. The molecule has 0 fully saturated rings. The van der Waals surface area contributed by atoms with Crippen molar-refractivity contribution in [3.8, 4) is 11.3 Å². The second kappa shape index (κ2) is 3.58. The molecule has 0 aromatic carbocycles. The summed E-state index contributed by atoms with van der Waals surface area (Å²) in [5.74, 6) is 0. The Hall–Kier alpha value is -1.70. The fourth-order valence-corrected chi connectivity index (χ4v) is 1.40. The van der Waals surface area contributed by atoms with Gasteiger partial charge in [0.05, 0.1) is 5.69 Å². The first-order chi connectivity index (χ1) is 6.77. The van der Waals surface area contributed by atoms with E-state index in [0.717, 1.165) is 17.0 Å². The number of rotatable bonds is 1. The number of hydrogen-bond donors (Lipinski definition) is 0. The van der Waals surface area contributed by atoms with Gasteiger partial charge in [0.1, 0.15) is 0 Å². The number of aromatic nitrogens is 2. The van der Waals surface area contributed by atoms with Crippen LogP contribution in [0.2, 0.25) is 0 Å². The third-order valence-corrected chi connectivity index (χ3v) is 2.19. The van der Waals surface area contributed by atoms with Crippen LogP contribution in [0.15, 0.2) is 36.7 Å². The van der Waals surface area contributed by atoms with Crippen LogP contribution in [0.25, 0.3) is 11.3 Å². The van der Waals surface area contributed by atoms with Crippen LogP contribution < -0.4 is 0 Å². The molecule has 0 aliphatic rings. The van der Waals surface area contributed by atoms with Crippen LogP contribution in [-0.4, -0.2) is 9.97 Å². The Morgan fingerprint density at radius 1 is 1.00 bits per heavy atom. The Balaban J connectivity index is 2.50. The lowest BCUT2D eigenvalue weighted by molar-refractivity contribution is 1.18.